The summed E-state index contributed by atoms with van der Waals surface area (Å²) in [5.41, 5.74) is 1.67. The number of hydrogen-bond acceptors (Lipinski definition) is 4. The molecule has 2 rings (SSSR count). The van der Waals surface area contributed by atoms with Crippen molar-refractivity contribution >= 4 is 11.7 Å². The van der Waals surface area contributed by atoms with Gasteiger partial charge in [0.25, 0.3) is 0 Å². The molecule has 1 aliphatic heterocycles. The molecule has 1 fully saturated rings. The van der Waals surface area contributed by atoms with Crippen molar-refractivity contribution < 1.29 is 9.53 Å². The van der Waals surface area contributed by atoms with Crippen LogP contribution in [0.4, 0.5) is 5.69 Å². The Morgan fingerprint density at radius 2 is 2.00 bits per heavy atom. The fourth-order valence-electron chi connectivity index (χ4n) is 2.38. The van der Waals surface area contributed by atoms with Gasteiger partial charge < -0.3 is 15.4 Å². The van der Waals surface area contributed by atoms with Crippen molar-refractivity contribution in [2.75, 3.05) is 18.4 Å². The molecule has 1 aromatic carbocycles. The fourth-order valence-corrected chi connectivity index (χ4v) is 2.38. The smallest absolute Gasteiger partial charge is 0.338 e. The molecule has 4 nitrogen and oxygen atoms in total. The summed E-state index contributed by atoms with van der Waals surface area (Å²) >= 11 is 0. The summed E-state index contributed by atoms with van der Waals surface area (Å²) in [6.07, 6.45) is 3.44. The minimum absolute atomic E-state index is 0.0845. The molecule has 1 atom stereocenters. The van der Waals surface area contributed by atoms with Crippen LogP contribution < -0.4 is 10.6 Å². The summed E-state index contributed by atoms with van der Waals surface area (Å²) in [6.45, 7) is 5.89. The van der Waals surface area contributed by atoms with Gasteiger partial charge in [-0.2, -0.15) is 0 Å². The van der Waals surface area contributed by atoms with E-state index in [4.69, 9.17) is 4.74 Å². The van der Waals surface area contributed by atoms with E-state index in [2.05, 4.69) is 10.6 Å². The van der Waals surface area contributed by atoms with Crippen molar-refractivity contribution in [3.05, 3.63) is 29.8 Å². The van der Waals surface area contributed by atoms with Crippen LogP contribution in [0, 0.1) is 0 Å². The molecule has 0 amide bonds. The highest BCUT2D eigenvalue weighted by Crippen LogP contribution is 2.16. The second-order valence-electron chi connectivity index (χ2n) is 5.55. The Balaban J connectivity index is 1.92. The topological polar surface area (TPSA) is 50.4 Å². The average Bonchev–Trinajstić information content (AvgIpc) is 2.67. The zero-order valence-corrected chi connectivity index (χ0v) is 12.3. The summed E-state index contributed by atoms with van der Waals surface area (Å²) in [6, 6.07) is 8.06. The van der Waals surface area contributed by atoms with Gasteiger partial charge in [0, 0.05) is 11.7 Å². The van der Waals surface area contributed by atoms with Crippen molar-refractivity contribution in [1.29, 1.82) is 0 Å². The van der Waals surface area contributed by atoms with Gasteiger partial charge in [0.15, 0.2) is 0 Å². The van der Waals surface area contributed by atoms with Gasteiger partial charge >= 0.3 is 5.97 Å². The first-order valence-electron chi connectivity index (χ1n) is 7.43. The molecule has 4 heteroatoms. The third-order valence-electron chi connectivity index (χ3n) is 3.41. The maximum absolute atomic E-state index is 11.8. The number of anilines is 1. The number of nitrogens with one attached hydrogen (secondary N) is 2. The fraction of sp³-hybridized carbons (Fsp3) is 0.562. The number of hydrogen-bond donors (Lipinski definition) is 2. The molecule has 0 aliphatic carbocycles. The van der Waals surface area contributed by atoms with Crippen LogP contribution >= 0.6 is 0 Å². The zero-order chi connectivity index (χ0) is 14.4. The lowest BCUT2D eigenvalue weighted by atomic mass is 10.1. The van der Waals surface area contributed by atoms with Crippen LogP contribution in [0.5, 0.6) is 0 Å². The first kappa shape index (κ1) is 14.9. The molecule has 0 saturated carbocycles. The molecular weight excluding hydrogens is 252 g/mol. The maximum atomic E-state index is 11.8. The van der Waals surface area contributed by atoms with Crippen molar-refractivity contribution in [2.24, 2.45) is 0 Å². The Labute approximate surface area is 120 Å². The minimum Gasteiger partial charge on any atom is -0.459 e. The lowest BCUT2D eigenvalue weighted by Crippen LogP contribution is -2.21. The molecule has 1 aromatic rings. The van der Waals surface area contributed by atoms with Gasteiger partial charge in [0.1, 0.15) is 0 Å². The van der Waals surface area contributed by atoms with Crippen molar-refractivity contribution in [3.8, 4) is 0 Å². The Morgan fingerprint density at radius 3 is 2.70 bits per heavy atom. The lowest BCUT2D eigenvalue weighted by Gasteiger charge is -2.17. The molecule has 0 bridgehead atoms. The van der Waals surface area contributed by atoms with E-state index in [1.54, 1.807) is 0 Å². The zero-order valence-electron chi connectivity index (χ0n) is 12.3. The summed E-state index contributed by atoms with van der Waals surface area (Å²) in [4.78, 5) is 11.8. The lowest BCUT2D eigenvalue weighted by molar-refractivity contribution is 0.0378. The molecule has 1 heterocycles. The highest BCUT2D eigenvalue weighted by atomic mass is 16.5. The number of benzene rings is 1. The SMILES string of the molecule is CC(C)OC(=O)c1ccc(NC2CCCNCC2)cc1. The highest BCUT2D eigenvalue weighted by Gasteiger charge is 2.12. The van der Waals surface area contributed by atoms with E-state index in [9.17, 15) is 4.79 Å². The summed E-state index contributed by atoms with van der Waals surface area (Å²) in [5, 5.41) is 6.94. The van der Waals surface area contributed by atoms with Gasteiger partial charge in [-0.3, -0.25) is 0 Å². The molecule has 1 saturated heterocycles. The van der Waals surface area contributed by atoms with Gasteiger partial charge in [-0.1, -0.05) is 0 Å². The van der Waals surface area contributed by atoms with E-state index >= 15 is 0 Å². The summed E-state index contributed by atoms with van der Waals surface area (Å²) in [5.74, 6) is -0.259. The quantitative estimate of drug-likeness (QED) is 0.830. The summed E-state index contributed by atoms with van der Waals surface area (Å²) in [7, 11) is 0. The van der Waals surface area contributed by atoms with Crippen LogP contribution in [0.1, 0.15) is 43.5 Å². The predicted molar refractivity (Wildman–Crippen MR) is 81.1 cm³/mol. The van der Waals surface area contributed by atoms with E-state index in [-0.39, 0.29) is 12.1 Å². The van der Waals surface area contributed by atoms with Crippen molar-refractivity contribution in [1.82, 2.24) is 5.32 Å². The van der Waals surface area contributed by atoms with Crippen LogP contribution in [0.3, 0.4) is 0 Å². The van der Waals surface area contributed by atoms with E-state index in [0.29, 0.717) is 11.6 Å². The van der Waals surface area contributed by atoms with Gasteiger partial charge in [-0.25, -0.2) is 4.79 Å². The average molecular weight is 276 g/mol. The standard InChI is InChI=1S/C16H24N2O2/c1-12(2)20-16(19)13-5-7-15(8-6-13)18-14-4-3-10-17-11-9-14/h5-8,12,14,17-18H,3-4,9-11H2,1-2H3. The van der Waals surface area contributed by atoms with E-state index in [1.807, 2.05) is 38.1 Å². The molecule has 20 heavy (non-hydrogen) atoms. The van der Waals surface area contributed by atoms with Gasteiger partial charge in [0.2, 0.25) is 0 Å². The van der Waals surface area contributed by atoms with E-state index in [1.165, 1.54) is 12.8 Å². The van der Waals surface area contributed by atoms with Gasteiger partial charge in [-0.15, -0.1) is 0 Å². The van der Waals surface area contributed by atoms with Crippen LogP contribution in [0.15, 0.2) is 24.3 Å². The largest absolute Gasteiger partial charge is 0.459 e. The highest BCUT2D eigenvalue weighted by molar-refractivity contribution is 5.89. The Bertz CT molecular complexity index is 421. The van der Waals surface area contributed by atoms with Crippen molar-refractivity contribution in [3.63, 3.8) is 0 Å². The molecule has 110 valence electrons. The first-order valence-corrected chi connectivity index (χ1v) is 7.43. The predicted octanol–water partition coefficient (Wildman–Crippen LogP) is 2.81. The van der Waals surface area contributed by atoms with Crippen molar-refractivity contribution in [2.45, 2.75) is 45.3 Å². The van der Waals surface area contributed by atoms with Crippen LogP contribution in [0.2, 0.25) is 0 Å². The number of rotatable bonds is 4. The minimum atomic E-state index is -0.259. The number of esters is 1. The van der Waals surface area contributed by atoms with Gasteiger partial charge in [-0.05, 0) is 70.5 Å². The normalized spacial score (nSPS) is 19.4. The van der Waals surface area contributed by atoms with Crippen LogP contribution in [0.25, 0.3) is 0 Å². The first-order chi connectivity index (χ1) is 9.65. The number of carbonyl (C=O) groups is 1. The third kappa shape index (κ3) is 4.53. The molecule has 0 aromatic heterocycles. The molecule has 1 unspecified atom stereocenters. The molecule has 2 N–H and O–H groups in total. The van der Waals surface area contributed by atoms with E-state index < -0.39 is 0 Å². The van der Waals surface area contributed by atoms with Gasteiger partial charge in [0.05, 0.1) is 11.7 Å². The Hall–Kier alpha value is -1.55. The second-order valence-corrected chi connectivity index (χ2v) is 5.55. The second kappa shape index (κ2) is 7.29. The maximum Gasteiger partial charge on any atom is 0.338 e. The molecule has 0 radical (unpaired) electrons. The Morgan fingerprint density at radius 1 is 1.25 bits per heavy atom. The van der Waals surface area contributed by atoms with E-state index in [0.717, 1.165) is 25.2 Å². The molecular formula is C16H24N2O2. The molecule has 1 aliphatic rings. The van der Waals surface area contributed by atoms with Crippen LogP contribution in [-0.4, -0.2) is 31.2 Å². The monoisotopic (exact) mass is 276 g/mol. The summed E-state index contributed by atoms with van der Waals surface area (Å²) < 4.78 is 5.18. The number of ether oxygens (including phenoxy) is 1. The number of carbonyl (C=O) groups excluding carboxylic acids is 1. The third-order valence-corrected chi connectivity index (χ3v) is 3.41. The Kier molecular flexibility index (Phi) is 5.41. The van der Waals surface area contributed by atoms with Crippen LogP contribution in [-0.2, 0) is 4.74 Å². The molecule has 0 spiro atoms.